The summed E-state index contributed by atoms with van der Waals surface area (Å²) in [7, 11) is 0. The second-order valence-corrected chi connectivity index (χ2v) is 7.09. The molecule has 26 heavy (non-hydrogen) atoms. The van der Waals surface area contributed by atoms with E-state index < -0.39 is 0 Å². The molecule has 1 N–H and O–H groups in total. The van der Waals surface area contributed by atoms with Gasteiger partial charge in [0.2, 0.25) is 0 Å². The quantitative estimate of drug-likeness (QED) is 0.766. The number of aryl methyl sites for hydroxylation is 1. The van der Waals surface area contributed by atoms with Crippen LogP contribution in [0.1, 0.15) is 30.0 Å². The lowest BCUT2D eigenvalue weighted by Gasteiger charge is -2.32. The number of hydrogen-bond donors (Lipinski definition) is 1. The lowest BCUT2D eigenvalue weighted by molar-refractivity contribution is -0.134. The van der Waals surface area contributed by atoms with Crippen LogP contribution in [0.15, 0.2) is 54.6 Å². The first kappa shape index (κ1) is 16.7. The zero-order chi connectivity index (χ0) is 17.9. The topological polar surface area (TPSA) is 45.3 Å². The maximum Gasteiger partial charge on any atom is 0.260 e. The molecule has 134 valence electrons. The van der Waals surface area contributed by atoms with Crippen molar-refractivity contribution in [2.45, 2.75) is 25.7 Å². The molecule has 4 rings (SSSR count). The monoisotopic (exact) mass is 348 g/mol. The van der Waals surface area contributed by atoms with Crippen molar-refractivity contribution in [2.24, 2.45) is 0 Å². The second-order valence-electron chi connectivity index (χ2n) is 7.09. The first-order valence-corrected chi connectivity index (χ1v) is 9.24. The molecule has 4 heteroatoms. The number of nitrogens with one attached hydrogen (secondary N) is 1. The number of para-hydroxylation sites is 1. The Hall–Kier alpha value is -2.75. The Bertz CT molecular complexity index is 865. The van der Waals surface area contributed by atoms with Gasteiger partial charge < -0.3 is 14.6 Å². The molecule has 1 aliphatic rings. The van der Waals surface area contributed by atoms with Gasteiger partial charge in [0.15, 0.2) is 6.61 Å². The summed E-state index contributed by atoms with van der Waals surface area (Å²) in [6.07, 6.45) is 2.13. The van der Waals surface area contributed by atoms with E-state index in [1.165, 1.54) is 16.6 Å². The highest BCUT2D eigenvalue weighted by Gasteiger charge is 2.26. The lowest BCUT2D eigenvalue weighted by Crippen LogP contribution is -2.41. The lowest BCUT2D eigenvalue weighted by atomic mass is 9.94. The molecule has 4 nitrogen and oxygen atoms in total. The van der Waals surface area contributed by atoms with Crippen molar-refractivity contribution in [3.05, 3.63) is 65.9 Å². The normalized spacial score (nSPS) is 17.4. The number of aromatic nitrogens is 1. The largest absolute Gasteiger partial charge is 0.484 e. The van der Waals surface area contributed by atoms with Crippen molar-refractivity contribution < 1.29 is 9.53 Å². The smallest absolute Gasteiger partial charge is 0.260 e. The highest BCUT2D eigenvalue weighted by atomic mass is 16.5. The number of piperidine rings is 1. The third-order valence-corrected chi connectivity index (χ3v) is 5.15. The van der Waals surface area contributed by atoms with Crippen LogP contribution in [0.4, 0.5) is 0 Å². The average molecular weight is 348 g/mol. The van der Waals surface area contributed by atoms with E-state index in [4.69, 9.17) is 4.74 Å². The van der Waals surface area contributed by atoms with Crippen LogP contribution in [0.3, 0.4) is 0 Å². The van der Waals surface area contributed by atoms with Crippen LogP contribution >= 0.6 is 0 Å². The standard InChI is InChI=1S/C22H24N2O2/c1-16-8-10-19(11-9-16)26-15-22(25)24-12-4-6-18(14-24)21-13-17-5-2-3-7-20(17)23-21/h2-3,5,7-11,13,18,23H,4,6,12,14-15H2,1H3. The van der Waals surface area contributed by atoms with Gasteiger partial charge in [-0.15, -0.1) is 0 Å². The zero-order valence-corrected chi connectivity index (χ0v) is 15.1. The predicted molar refractivity (Wildman–Crippen MR) is 104 cm³/mol. The zero-order valence-electron chi connectivity index (χ0n) is 15.1. The van der Waals surface area contributed by atoms with Crippen molar-refractivity contribution in [3.63, 3.8) is 0 Å². The average Bonchev–Trinajstić information content (AvgIpc) is 3.12. The molecular weight excluding hydrogens is 324 g/mol. The maximum atomic E-state index is 12.6. The van der Waals surface area contributed by atoms with E-state index in [9.17, 15) is 4.79 Å². The first-order chi connectivity index (χ1) is 12.7. The van der Waals surface area contributed by atoms with Gasteiger partial charge in [0.25, 0.3) is 5.91 Å². The number of carbonyl (C=O) groups excluding carboxylic acids is 1. The maximum absolute atomic E-state index is 12.6. The third-order valence-electron chi connectivity index (χ3n) is 5.15. The molecule has 2 aromatic carbocycles. The number of ether oxygens (including phenoxy) is 1. The van der Waals surface area contributed by atoms with Gasteiger partial charge in [0.1, 0.15) is 5.75 Å². The predicted octanol–water partition coefficient (Wildman–Crippen LogP) is 4.26. The molecule has 1 unspecified atom stereocenters. The van der Waals surface area contributed by atoms with E-state index in [1.807, 2.05) is 42.2 Å². The highest BCUT2D eigenvalue weighted by Crippen LogP contribution is 2.29. The summed E-state index contributed by atoms with van der Waals surface area (Å²) < 4.78 is 5.67. The van der Waals surface area contributed by atoms with E-state index >= 15 is 0 Å². The molecule has 0 radical (unpaired) electrons. The number of likely N-dealkylation sites (tertiary alicyclic amines) is 1. The van der Waals surface area contributed by atoms with Crippen molar-refractivity contribution in [2.75, 3.05) is 19.7 Å². The van der Waals surface area contributed by atoms with E-state index in [2.05, 4.69) is 29.2 Å². The number of rotatable bonds is 4. The number of fused-ring (bicyclic) bond motifs is 1. The van der Waals surface area contributed by atoms with E-state index in [0.29, 0.717) is 5.92 Å². The van der Waals surface area contributed by atoms with Crippen molar-refractivity contribution in [3.8, 4) is 5.75 Å². The van der Waals surface area contributed by atoms with Crippen LogP contribution in [-0.2, 0) is 4.79 Å². The highest BCUT2D eigenvalue weighted by molar-refractivity contribution is 5.80. The first-order valence-electron chi connectivity index (χ1n) is 9.24. The molecule has 3 aromatic rings. The number of hydrogen-bond acceptors (Lipinski definition) is 2. The molecule has 2 heterocycles. The van der Waals surface area contributed by atoms with Crippen LogP contribution < -0.4 is 4.74 Å². The van der Waals surface area contributed by atoms with Gasteiger partial charge in [-0.05, 0) is 49.4 Å². The summed E-state index contributed by atoms with van der Waals surface area (Å²) in [6, 6.07) is 18.3. The van der Waals surface area contributed by atoms with Gasteiger partial charge in [-0.2, -0.15) is 0 Å². The summed E-state index contributed by atoms with van der Waals surface area (Å²) in [5.74, 6) is 1.17. The molecule has 0 spiro atoms. The molecule has 0 bridgehead atoms. The number of carbonyl (C=O) groups is 1. The fourth-order valence-electron chi connectivity index (χ4n) is 3.64. The molecule has 1 saturated heterocycles. The minimum atomic E-state index is 0.0615. The van der Waals surface area contributed by atoms with Crippen LogP contribution in [-0.4, -0.2) is 35.5 Å². The summed E-state index contributed by atoms with van der Waals surface area (Å²) in [6.45, 7) is 3.70. The number of H-pyrrole nitrogens is 1. The molecule has 1 aliphatic heterocycles. The number of benzene rings is 2. The molecule has 1 amide bonds. The summed E-state index contributed by atoms with van der Waals surface area (Å²) in [5, 5.41) is 1.23. The van der Waals surface area contributed by atoms with Crippen molar-refractivity contribution >= 4 is 16.8 Å². The SMILES string of the molecule is Cc1ccc(OCC(=O)N2CCCC(c3cc4ccccc4[nH]3)C2)cc1. The van der Waals surface area contributed by atoms with E-state index in [0.717, 1.165) is 37.2 Å². The fraction of sp³-hybridized carbons (Fsp3) is 0.318. The van der Waals surface area contributed by atoms with Crippen LogP contribution in [0, 0.1) is 6.92 Å². The van der Waals surface area contributed by atoms with Crippen molar-refractivity contribution in [1.82, 2.24) is 9.88 Å². The Morgan fingerprint density at radius 3 is 2.81 bits per heavy atom. The third kappa shape index (κ3) is 3.59. The Morgan fingerprint density at radius 2 is 2.00 bits per heavy atom. The Morgan fingerprint density at radius 1 is 1.19 bits per heavy atom. The fourth-order valence-corrected chi connectivity index (χ4v) is 3.64. The summed E-state index contributed by atoms with van der Waals surface area (Å²) in [5.41, 5.74) is 3.57. The van der Waals surface area contributed by atoms with E-state index in [1.54, 1.807) is 0 Å². The minimum Gasteiger partial charge on any atom is -0.484 e. The Labute approximate surface area is 153 Å². The van der Waals surface area contributed by atoms with Crippen LogP contribution in [0.25, 0.3) is 10.9 Å². The molecule has 1 fully saturated rings. The number of aromatic amines is 1. The van der Waals surface area contributed by atoms with E-state index in [-0.39, 0.29) is 12.5 Å². The molecule has 0 aliphatic carbocycles. The minimum absolute atomic E-state index is 0.0615. The molecular formula is C22H24N2O2. The van der Waals surface area contributed by atoms with Gasteiger partial charge in [-0.25, -0.2) is 0 Å². The van der Waals surface area contributed by atoms with Gasteiger partial charge in [-0.3, -0.25) is 4.79 Å². The van der Waals surface area contributed by atoms with Gasteiger partial charge >= 0.3 is 0 Å². The van der Waals surface area contributed by atoms with Crippen LogP contribution in [0.5, 0.6) is 5.75 Å². The molecule has 0 saturated carbocycles. The summed E-state index contributed by atoms with van der Waals surface area (Å²) in [4.78, 5) is 18.0. The number of nitrogens with zero attached hydrogens (tertiary/aromatic N) is 1. The second kappa shape index (κ2) is 7.24. The Kier molecular flexibility index (Phi) is 4.65. The van der Waals surface area contributed by atoms with Crippen molar-refractivity contribution in [1.29, 1.82) is 0 Å². The van der Waals surface area contributed by atoms with Gasteiger partial charge in [0.05, 0.1) is 0 Å². The van der Waals surface area contributed by atoms with Gasteiger partial charge in [0, 0.05) is 30.2 Å². The number of amides is 1. The van der Waals surface area contributed by atoms with Gasteiger partial charge in [-0.1, -0.05) is 35.9 Å². The summed E-state index contributed by atoms with van der Waals surface area (Å²) >= 11 is 0. The Balaban J connectivity index is 1.39. The van der Waals surface area contributed by atoms with Crippen LogP contribution in [0.2, 0.25) is 0 Å². The molecule has 1 aromatic heterocycles. The molecule has 1 atom stereocenters.